The van der Waals surface area contributed by atoms with Crippen molar-refractivity contribution in [1.29, 1.82) is 0 Å². The fourth-order valence-electron chi connectivity index (χ4n) is 3.13. The molecule has 4 rings (SSSR count). The number of nitrogens with one attached hydrogen (secondary N) is 2. The van der Waals surface area contributed by atoms with Crippen LogP contribution in [0.1, 0.15) is 18.5 Å². The van der Waals surface area contributed by atoms with Gasteiger partial charge in [0.2, 0.25) is 5.95 Å². The molecule has 0 bridgehead atoms. The second-order valence-electron chi connectivity index (χ2n) is 6.26. The first-order valence-corrected chi connectivity index (χ1v) is 9.12. The highest BCUT2D eigenvalue weighted by molar-refractivity contribution is 6.35. The predicted molar refractivity (Wildman–Crippen MR) is 108 cm³/mol. The number of benzene rings is 2. The van der Waals surface area contributed by atoms with E-state index in [-0.39, 0.29) is 11.7 Å². The van der Waals surface area contributed by atoms with Crippen molar-refractivity contribution in [3.05, 3.63) is 75.7 Å². The third-order valence-electron chi connectivity index (χ3n) is 4.42. The van der Waals surface area contributed by atoms with Crippen molar-refractivity contribution >= 4 is 40.7 Å². The average molecular weight is 416 g/mol. The number of aromatic hydroxyl groups is 1. The molecule has 1 aliphatic heterocycles. The minimum atomic E-state index is -0.530. The molecule has 9 heteroatoms. The van der Waals surface area contributed by atoms with Crippen LogP contribution in [0.2, 0.25) is 10.0 Å². The van der Waals surface area contributed by atoms with Gasteiger partial charge in [-0.3, -0.25) is 4.79 Å². The van der Waals surface area contributed by atoms with Crippen molar-refractivity contribution in [3.63, 3.8) is 0 Å². The van der Waals surface area contributed by atoms with Crippen LogP contribution in [0.4, 0.5) is 11.6 Å². The van der Waals surface area contributed by atoms with Crippen LogP contribution in [0.5, 0.6) is 5.75 Å². The number of phenols is 1. The molecule has 3 N–H and O–H groups in total. The van der Waals surface area contributed by atoms with Crippen LogP contribution in [-0.2, 0) is 4.79 Å². The molecule has 1 amide bonds. The second kappa shape index (κ2) is 7.18. The molecule has 142 valence electrons. The summed E-state index contributed by atoms with van der Waals surface area (Å²) in [7, 11) is 0. The summed E-state index contributed by atoms with van der Waals surface area (Å²) in [6.07, 6.45) is 1.41. The van der Waals surface area contributed by atoms with Gasteiger partial charge in [0.05, 0.1) is 16.3 Å². The van der Waals surface area contributed by atoms with E-state index in [1.54, 1.807) is 54.1 Å². The number of rotatable bonds is 3. The number of hydrogen-bond acceptors (Lipinski definition) is 5. The summed E-state index contributed by atoms with van der Waals surface area (Å²) in [6.45, 7) is 1.79. The summed E-state index contributed by atoms with van der Waals surface area (Å²) >= 11 is 12.2. The largest absolute Gasteiger partial charge is 0.508 e. The van der Waals surface area contributed by atoms with E-state index in [2.05, 4.69) is 20.7 Å². The minimum Gasteiger partial charge on any atom is -0.508 e. The number of carbonyl (C=O) groups is 1. The first-order valence-electron chi connectivity index (χ1n) is 8.36. The van der Waals surface area contributed by atoms with Crippen molar-refractivity contribution in [3.8, 4) is 5.75 Å². The van der Waals surface area contributed by atoms with E-state index in [0.717, 1.165) is 5.56 Å². The summed E-state index contributed by atoms with van der Waals surface area (Å²) in [5, 5.41) is 20.6. The molecule has 0 radical (unpaired) electrons. The molecule has 1 aliphatic rings. The van der Waals surface area contributed by atoms with E-state index in [1.165, 1.54) is 6.33 Å². The number of hydrogen-bond donors (Lipinski definition) is 3. The fourth-order valence-corrected chi connectivity index (χ4v) is 3.47. The number of fused-ring (bicyclic) bond motifs is 1. The highest BCUT2D eigenvalue weighted by Crippen LogP contribution is 2.36. The van der Waals surface area contributed by atoms with Crippen LogP contribution in [-0.4, -0.2) is 25.8 Å². The molecule has 2 heterocycles. The van der Waals surface area contributed by atoms with E-state index in [9.17, 15) is 9.90 Å². The maximum absolute atomic E-state index is 13.2. The van der Waals surface area contributed by atoms with Crippen LogP contribution in [0.25, 0.3) is 0 Å². The lowest BCUT2D eigenvalue weighted by Crippen LogP contribution is -2.31. The molecule has 0 saturated carbocycles. The second-order valence-corrected chi connectivity index (χ2v) is 7.11. The van der Waals surface area contributed by atoms with Crippen molar-refractivity contribution < 1.29 is 9.90 Å². The number of amides is 1. The van der Waals surface area contributed by atoms with E-state index in [0.29, 0.717) is 33.0 Å². The van der Waals surface area contributed by atoms with Gasteiger partial charge in [-0.05, 0) is 42.8 Å². The highest BCUT2D eigenvalue weighted by atomic mass is 35.5. The third-order valence-corrected chi connectivity index (χ3v) is 4.99. The summed E-state index contributed by atoms with van der Waals surface area (Å²) in [5.41, 5.74) is 2.26. The van der Waals surface area contributed by atoms with Crippen molar-refractivity contribution in [2.24, 2.45) is 0 Å². The molecule has 28 heavy (non-hydrogen) atoms. The molecular formula is C19H15Cl2N5O2. The van der Waals surface area contributed by atoms with Crippen LogP contribution in [0.15, 0.2) is 60.1 Å². The van der Waals surface area contributed by atoms with Gasteiger partial charge in [-0.1, -0.05) is 35.3 Å². The van der Waals surface area contributed by atoms with E-state index in [1.807, 2.05) is 0 Å². The Balaban J connectivity index is 1.77. The number of carbonyl (C=O) groups excluding carboxylic acids is 1. The van der Waals surface area contributed by atoms with Crippen molar-refractivity contribution in [1.82, 2.24) is 14.8 Å². The van der Waals surface area contributed by atoms with Crippen molar-refractivity contribution in [2.45, 2.75) is 13.0 Å². The molecule has 2 aromatic carbocycles. The van der Waals surface area contributed by atoms with Crippen LogP contribution in [0.3, 0.4) is 0 Å². The van der Waals surface area contributed by atoms with Gasteiger partial charge in [-0.2, -0.15) is 10.1 Å². The lowest BCUT2D eigenvalue weighted by atomic mass is 9.95. The van der Waals surface area contributed by atoms with Gasteiger partial charge in [-0.15, -0.1) is 0 Å². The molecule has 0 fully saturated rings. The molecule has 0 spiro atoms. The molecule has 7 nitrogen and oxygen atoms in total. The lowest BCUT2D eigenvalue weighted by molar-refractivity contribution is -0.113. The Morgan fingerprint density at radius 3 is 2.71 bits per heavy atom. The first kappa shape index (κ1) is 18.3. The quantitative estimate of drug-likeness (QED) is 0.595. The Kier molecular flexibility index (Phi) is 4.70. The summed E-state index contributed by atoms with van der Waals surface area (Å²) < 4.78 is 1.62. The predicted octanol–water partition coefficient (Wildman–Crippen LogP) is 4.22. The summed E-state index contributed by atoms with van der Waals surface area (Å²) in [5.74, 6) is 0.301. The van der Waals surface area contributed by atoms with Gasteiger partial charge in [0.25, 0.3) is 5.91 Å². The number of aromatic nitrogens is 3. The highest BCUT2D eigenvalue weighted by Gasteiger charge is 2.33. The van der Waals surface area contributed by atoms with Gasteiger partial charge in [0.15, 0.2) is 0 Å². The zero-order valence-electron chi connectivity index (χ0n) is 14.6. The molecule has 3 aromatic rings. The first-order chi connectivity index (χ1) is 13.4. The normalized spacial score (nSPS) is 15.8. The van der Waals surface area contributed by atoms with Crippen LogP contribution in [0, 0.1) is 0 Å². The Morgan fingerprint density at radius 1 is 1.21 bits per heavy atom. The van der Waals surface area contributed by atoms with E-state index >= 15 is 0 Å². The summed E-state index contributed by atoms with van der Waals surface area (Å²) in [4.78, 5) is 17.4. The molecule has 0 saturated heterocycles. The SMILES string of the molecule is CC1=C(C(=O)Nc2cc(Cl)ccc2Cl)[C@@H](c2ccc(O)cc2)n2ncnc2N1. The van der Waals surface area contributed by atoms with Gasteiger partial charge >= 0.3 is 0 Å². The van der Waals surface area contributed by atoms with Crippen LogP contribution >= 0.6 is 23.2 Å². The Morgan fingerprint density at radius 2 is 1.96 bits per heavy atom. The molecule has 1 atom stereocenters. The Bertz CT molecular complexity index is 1090. The number of nitrogens with zero attached hydrogens (tertiary/aromatic N) is 3. The summed E-state index contributed by atoms with van der Waals surface area (Å²) in [6, 6.07) is 10.9. The number of phenolic OH excluding ortho intramolecular Hbond substituents is 1. The Labute approximate surface area is 170 Å². The maximum Gasteiger partial charge on any atom is 0.255 e. The fraction of sp³-hybridized carbons (Fsp3) is 0.105. The average Bonchev–Trinajstić information content (AvgIpc) is 3.12. The Hall–Kier alpha value is -3.03. The zero-order valence-corrected chi connectivity index (χ0v) is 16.2. The number of allylic oxidation sites excluding steroid dienone is 1. The van der Waals surface area contributed by atoms with Gasteiger partial charge in [0.1, 0.15) is 18.1 Å². The number of anilines is 2. The van der Waals surface area contributed by atoms with Gasteiger partial charge in [-0.25, -0.2) is 4.68 Å². The molecule has 0 aliphatic carbocycles. The standard InChI is InChI=1S/C19H15Cl2N5O2/c1-10-16(18(28)25-15-8-12(20)4-7-14(15)21)17(11-2-5-13(27)6-3-11)26-19(24-10)22-9-23-26/h2-9,17,27H,1H3,(H,25,28)(H,22,23,24)/t17-/m1/s1. The van der Waals surface area contributed by atoms with Crippen molar-refractivity contribution in [2.75, 3.05) is 10.6 Å². The molecular weight excluding hydrogens is 401 g/mol. The smallest absolute Gasteiger partial charge is 0.255 e. The van der Waals surface area contributed by atoms with Gasteiger partial charge < -0.3 is 15.7 Å². The maximum atomic E-state index is 13.2. The van der Waals surface area contributed by atoms with E-state index < -0.39 is 6.04 Å². The number of halogens is 2. The zero-order chi connectivity index (χ0) is 19.8. The van der Waals surface area contributed by atoms with E-state index in [4.69, 9.17) is 23.2 Å². The topological polar surface area (TPSA) is 92.1 Å². The van der Waals surface area contributed by atoms with Crippen LogP contribution < -0.4 is 10.6 Å². The molecule has 1 aromatic heterocycles. The molecule has 0 unspecified atom stereocenters. The third kappa shape index (κ3) is 3.30. The lowest BCUT2D eigenvalue weighted by Gasteiger charge is -2.28. The van der Waals surface area contributed by atoms with Gasteiger partial charge in [0, 0.05) is 10.7 Å². The monoisotopic (exact) mass is 415 g/mol. The minimum absolute atomic E-state index is 0.133.